The molecule has 118 valence electrons. The molecule has 0 atom stereocenters. The number of hydrogen-bond donors (Lipinski definition) is 0. The number of rotatable bonds is 4. The fourth-order valence-electron chi connectivity index (χ4n) is 2.12. The lowest BCUT2D eigenvalue weighted by Gasteiger charge is -2.06. The quantitative estimate of drug-likeness (QED) is 0.683. The number of hydrogen-bond acceptors (Lipinski definition) is 7. The van der Waals surface area contributed by atoms with E-state index in [1.165, 1.54) is 29.2 Å². The predicted octanol–water partition coefficient (Wildman–Crippen LogP) is 2.42. The molecule has 3 aromatic heterocycles. The average Bonchev–Trinajstić information content (AvgIpc) is 3.22. The number of aromatic nitrogens is 3. The topological polar surface area (TPSA) is 82.8 Å². The van der Waals surface area contributed by atoms with Gasteiger partial charge in [-0.15, -0.1) is 11.3 Å². The van der Waals surface area contributed by atoms with Crippen molar-refractivity contribution in [3.63, 3.8) is 0 Å². The molecular weight excluding hydrogens is 318 g/mol. The summed E-state index contributed by atoms with van der Waals surface area (Å²) < 4.78 is 11.3. The Labute approximate surface area is 135 Å². The smallest absolute Gasteiger partial charge is 0.356 e. The zero-order valence-corrected chi connectivity index (χ0v) is 13.3. The Hall–Kier alpha value is -2.74. The normalized spacial score (nSPS) is 10.7. The minimum atomic E-state index is -0.582. The van der Waals surface area contributed by atoms with Gasteiger partial charge in [-0.05, 0) is 24.4 Å². The molecule has 3 rings (SSSR count). The van der Waals surface area contributed by atoms with Crippen molar-refractivity contribution in [3.8, 4) is 10.6 Å². The first kappa shape index (κ1) is 15.2. The van der Waals surface area contributed by atoms with Gasteiger partial charge in [0, 0.05) is 0 Å². The second-order valence-electron chi connectivity index (χ2n) is 4.51. The molecule has 0 unspecified atom stereocenters. The van der Waals surface area contributed by atoms with E-state index in [0.29, 0.717) is 5.69 Å². The molecule has 0 radical (unpaired) electrons. The van der Waals surface area contributed by atoms with Crippen LogP contribution in [0.25, 0.3) is 16.2 Å². The summed E-state index contributed by atoms with van der Waals surface area (Å²) in [6.07, 6.45) is 1.39. The van der Waals surface area contributed by atoms with E-state index in [2.05, 4.69) is 10.1 Å². The Morgan fingerprint density at radius 3 is 2.83 bits per heavy atom. The van der Waals surface area contributed by atoms with Gasteiger partial charge in [0.2, 0.25) is 0 Å². The standard InChI is InChI=1S/C15H13N3O4S/c1-3-22-14(19)9-8-16-18-11(12-5-4-6-23-12)7-10(15(20)21-2)17-13(9)18/h4-8H,3H2,1-2H3. The number of thiophene rings is 1. The molecule has 0 bridgehead atoms. The average molecular weight is 331 g/mol. The number of carbonyl (C=O) groups excluding carboxylic acids is 2. The van der Waals surface area contributed by atoms with Crippen LogP contribution in [0.2, 0.25) is 0 Å². The van der Waals surface area contributed by atoms with Crippen molar-refractivity contribution < 1.29 is 19.1 Å². The lowest BCUT2D eigenvalue weighted by atomic mass is 10.2. The van der Waals surface area contributed by atoms with Gasteiger partial charge in [0.1, 0.15) is 5.56 Å². The molecule has 0 aromatic carbocycles. The fourth-order valence-corrected chi connectivity index (χ4v) is 2.85. The molecule has 0 aliphatic heterocycles. The molecule has 3 aromatic rings. The van der Waals surface area contributed by atoms with Crippen LogP contribution in [0.4, 0.5) is 0 Å². The van der Waals surface area contributed by atoms with E-state index in [9.17, 15) is 9.59 Å². The van der Waals surface area contributed by atoms with Gasteiger partial charge in [-0.3, -0.25) is 0 Å². The second kappa shape index (κ2) is 6.17. The molecule has 7 nitrogen and oxygen atoms in total. The lowest BCUT2D eigenvalue weighted by Crippen LogP contribution is -2.10. The van der Waals surface area contributed by atoms with Gasteiger partial charge in [0.15, 0.2) is 11.3 Å². The molecule has 0 N–H and O–H groups in total. The van der Waals surface area contributed by atoms with Crippen LogP contribution in [0.15, 0.2) is 29.8 Å². The first-order valence-electron chi connectivity index (χ1n) is 6.83. The lowest BCUT2D eigenvalue weighted by molar-refractivity contribution is 0.0526. The summed E-state index contributed by atoms with van der Waals surface area (Å²) in [6.45, 7) is 1.96. The number of methoxy groups -OCH3 is 1. The van der Waals surface area contributed by atoms with Crippen molar-refractivity contribution in [1.82, 2.24) is 14.6 Å². The van der Waals surface area contributed by atoms with Crippen LogP contribution in [0.1, 0.15) is 27.8 Å². The van der Waals surface area contributed by atoms with Crippen LogP contribution in [0.5, 0.6) is 0 Å². The molecule has 0 saturated heterocycles. The van der Waals surface area contributed by atoms with Crippen LogP contribution in [0.3, 0.4) is 0 Å². The molecule has 0 aliphatic carbocycles. The highest BCUT2D eigenvalue weighted by atomic mass is 32.1. The van der Waals surface area contributed by atoms with Crippen LogP contribution in [0, 0.1) is 0 Å². The van der Waals surface area contributed by atoms with Crippen molar-refractivity contribution >= 4 is 28.9 Å². The molecule has 0 spiro atoms. The van der Waals surface area contributed by atoms with E-state index in [-0.39, 0.29) is 23.5 Å². The van der Waals surface area contributed by atoms with Gasteiger partial charge in [-0.2, -0.15) is 5.10 Å². The SMILES string of the molecule is CCOC(=O)c1cnn2c(-c3cccs3)cc(C(=O)OC)nc12. The molecule has 0 saturated carbocycles. The van der Waals surface area contributed by atoms with E-state index in [1.54, 1.807) is 13.0 Å². The molecular formula is C15H13N3O4S. The van der Waals surface area contributed by atoms with Gasteiger partial charge in [-0.1, -0.05) is 6.07 Å². The zero-order valence-electron chi connectivity index (χ0n) is 12.5. The number of fused-ring (bicyclic) bond motifs is 1. The zero-order chi connectivity index (χ0) is 16.4. The minimum absolute atomic E-state index is 0.106. The van der Waals surface area contributed by atoms with Crippen LogP contribution < -0.4 is 0 Å². The summed E-state index contributed by atoms with van der Waals surface area (Å²) in [6, 6.07) is 5.37. The molecule has 8 heteroatoms. The molecule has 0 amide bonds. The predicted molar refractivity (Wildman–Crippen MR) is 83.6 cm³/mol. The third-order valence-corrected chi connectivity index (χ3v) is 4.03. The van der Waals surface area contributed by atoms with Crippen molar-refractivity contribution in [3.05, 3.63) is 41.0 Å². The summed E-state index contributed by atoms with van der Waals surface area (Å²) in [5.74, 6) is -1.12. The monoisotopic (exact) mass is 331 g/mol. The highest BCUT2D eigenvalue weighted by Gasteiger charge is 2.21. The maximum atomic E-state index is 12.0. The largest absolute Gasteiger partial charge is 0.464 e. The van der Waals surface area contributed by atoms with E-state index >= 15 is 0 Å². The van der Waals surface area contributed by atoms with Crippen LogP contribution in [-0.4, -0.2) is 40.3 Å². The summed E-state index contributed by atoms with van der Waals surface area (Å²) in [5, 5.41) is 6.12. The summed E-state index contributed by atoms with van der Waals surface area (Å²) in [7, 11) is 1.28. The van der Waals surface area contributed by atoms with E-state index < -0.39 is 11.9 Å². The fraction of sp³-hybridized carbons (Fsp3) is 0.200. The second-order valence-corrected chi connectivity index (χ2v) is 5.46. The molecule has 23 heavy (non-hydrogen) atoms. The number of ether oxygens (including phenoxy) is 2. The summed E-state index contributed by atoms with van der Waals surface area (Å²) in [5.41, 5.74) is 1.22. The van der Waals surface area contributed by atoms with Crippen LogP contribution >= 0.6 is 11.3 Å². The summed E-state index contributed by atoms with van der Waals surface area (Å²) in [4.78, 5) is 29.0. The third-order valence-electron chi connectivity index (χ3n) is 3.14. The van der Waals surface area contributed by atoms with Gasteiger partial charge in [0.25, 0.3) is 0 Å². The molecule has 0 aliphatic rings. The minimum Gasteiger partial charge on any atom is -0.464 e. The number of carbonyl (C=O) groups is 2. The van der Waals surface area contributed by atoms with E-state index in [4.69, 9.17) is 9.47 Å². The Morgan fingerprint density at radius 1 is 1.35 bits per heavy atom. The van der Waals surface area contributed by atoms with E-state index in [1.807, 2.05) is 17.5 Å². The maximum absolute atomic E-state index is 12.0. The van der Waals surface area contributed by atoms with Gasteiger partial charge in [-0.25, -0.2) is 19.1 Å². The highest BCUT2D eigenvalue weighted by molar-refractivity contribution is 7.13. The summed E-state index contributed by atoms with van der Waals surface area (Å²) >= 11 is 1.49. The van der Waals surface area contributed by atoms with E-state index in [0.717, 1.165) is 4.88 Å². The number of esters is 2. The first-order chi connectivity index (χ1) is 11.2. The first-order valence-corrected chi connectivity index (χ1v) is 7.71. The van der Waals surface area contributed by atoms with Gasteiger partial charge in [0.05, 0.1) is 30.5 Å². The van der Waals surface area contributed by atoms with Crippen molar-refractivity contribution in [2.24, 2.45) is 0 Å². The van der Waals surface area contributed by atoms with Crippen molar-refractivity contribution in [1.29, 1.82) is 0 Å². The Kier molecular flexibility index (Phi) is 4.07. The highest BCUT2D eigenvalue weighted by Crippen LogP contribution is 2.27. The molecule has 3 heterocycles. The maximum Gasteiger partial charge on any atom is 0.356 e. The number of nitrogens with zero attached hydrogens (tertiary/aromatic N) is 3. The third kappa shape index (κ3) is 2.68. The van der Waals surface area contributed by atoms with Crippen LogP contribution in [-0.2, 0) is 9.47 Å². The Bertz CT molecular complexity index is 870. The van der Waals surface area contributed by atoms with Gasteiger partial charge < -0.3 is 9.47 Å². The Morgan fingerprint density at radius 2 is 2.17 bits per heavy atom. The Balaban J connectivity index is 2.26. The van der Waals surface area contributed by atoms with Crippen molar-refractivity contribution in [2.45, 2.75) is 6.92 Å². The van der Waals surface area contributed by atoms with Gasteiger partial charge >= 0.3 is 11.9 Å². The van der Waals surface area contributed by atoms with Crippen molar-refractivity contribution in [2.75, 3.05) is 13.7 Å². The molecule has 0 fully saturated rings.